The first-order chi connectivity index (χ1) is 11.4. The maximum Gasteiger partial charge on any atom is 0.341 e. The van der Waals surface area contributed by atoms with Crippen LogP contribution in [0, 0.1) is 12.8 Å². The molecule has 2 N–H and O–H groups in total. The Hall–Kier alpha value is -1.25. The zero-order valence-corrected chi connectivity index (χ0v) is 18.5. The Kier molecular flexibility index (Phi) is 11.6. The van der Waals surface area contributed by atoms with Gasteiger partial charge in [-0.05, 0) is 45.6 Å². The van der Waals surface area contributed by atoms with Crippen molar-refractivity contribution in [1.82, 2.24) is 10.6 Å². The minimum atomic E-state index is -0.390. The van der Waals surface area contributed by atoms with Crippen LogP contribution >= 0.6 is 24.0 Å². The Morgan fingerprint density at radius 3 is 2.56 bits per heavy atom. The Labute approximate surface area is 168 Å². The van der Waals surface area contributed by atoms with Gasteiger partial charge in [-0.25, -0.2) is 9.79 Å². The summed E-state index contributed by atoms with van der Waals surface area (Å²) >= 11 is 0. The molecule has 0 aromatic carbocycles. The minimum Gasteiger partial charge on any atom is -0.465 e. The van der Waals surface area contributed by atoms with Crippen molar-refractivity contribution >= 4 is 35.9 Å². The van der Waals surface area contributed by atoms with E-state index in [0.29, 0.717) is 35.6 Å². The number of methoxy groups -OCH3 is 1. The second-order valence-electron chi connectivity index (χ2n) is 6.39. The first kappa shape index (κ1) is 23.8. The molecule has 7 heteroatoms. The summed E-state index contributed by atoms with van der Waals surface area (Å²) in [6.07, 6.45) is 2.27. The molecular formula is C18H32IN3O3. The molecule has 1 aromatic heterocycles. The topological polar surface area (TPSA) is 75.9 Å². The fourth-order valence-electron chi connectivity index (χ4n) is 2.30. The van der Waals surface area contributed by atoms with Crippen LogP contribution in [0.15, 0.2) is 15.5 Å². The number of carbonyl (C=O) groups excluding carboxylic acids is 1. The van der Waals surface area contributed by atoms with Crippen LogP contribution in [0.25, 0.3) is 0 Å². The zero-order chi connectivity index (χ0) is 18.1. The number of halogens is 1. The lowest BCUT2D eigenvalue weighted by Crippen LogP contribution is -2.42. The number of ether oxygens (including phenoxy) is 1. The van der Waals surface area contributed by atoms with Crippen molar-refractivity contribution in [2.24, 2.45) is 10.9 Å². The number of esters is 1. The molecule has 1 rings (SSSR count). The summed E-state index contributed by atoms with van der Waals surface area (Å²) in [6.45, 7) is 11.5. The van der Waals surface area contributed by atoms with E-state index in [2.05, 4.69) is 36.4 Å². The minimum absolute atomic E-state index is 0. The Bertz CT molecular complexity index is 556. The molecule has 0 spiro atoms. The largest absolute Gasteiger partial charge is 0.465 e. The molecule has 0 aliphatic heterocycles. The molecular weight excluding hydrogens is 433 g/mol. The van der Waals surface area contributed by atoms with Gasteiger partial charge in [0.2, 0.25) is 0 Å². The van der Waals surface area contributed by atoms with Gasteiger partial charge in [0.25, 0.3) is 0 Å². The Balaban J connectivity index is 0.00000576. The average Bonchev–Trinajstić information content (AvgIpc) is 2.91. The number of guanidine groups is 1. The van der Waals surface area contributed by atoms with Crippen molar-refractivity contribution < 1.29 is 13.9 Å². The molecule has 1 heterocycles. The van der Waals surface area contributed by atoms with E-state index in [1.54, 1.807) is 13.0 Å². The lowest BCUT2D eigenvalue weighted by molar-refractivity contribution is 0.0599. The average molecular weight is 465 g/mol. The number of rotatable bonds is 8. The third-order valence-electron chi connectivity index (χ3n) is 3.67. The molecule has 144 valence electrons. The highest BCUT2D eigenvalue weighted by Gasteiger charge is 2.15. The summed E-state index contributed by atoms with van der Waals surface area (Å²) in [4.78, 5) is 16.2. The molecule has 25 heavy (non-hydrogen) atoms. The zero-order valence-electron chi connectivity index (χ0n) is 16.1. The maximum atomic E-state index is 11.6. The quantitative estimate of drug-likeness (QED) is 0.264. The SMILES string of the molecule is CCNC(=NCc1cc(C(=O)OC)c(C)o1)NC(C)CCC(C)C.I. The molecule has 1 aromatic rings. The van der Waals surface area contributed by atoms with Gasteiger partial charge in [-0.2, -0.15) is 0 Å². The first-order valence-corrected chi connectivity index (χ1v) is 8.59. The molecule has 0 radical (unpaired) electrons. The standard InChI is InChI=1S/C18H31N3O3.HI/c1-7-19-18(21-13(4)9-8-12(2)3)20-11-15-10-16(14(5)24-15)17(22)23-6;/h10,12-13H,7-9,11H2,1-6H3,(H2,19,20,21);1H. The monoisotopic (exact) mass is 465 g/mol. The second-order valence-corrected chi connectivity index (χ2v) is 6.39. The van der Waals surface area contributed by atoms with E-state index in [1.165, 1.54) is 13.5 Å². The summed E-state index contributed by atoms with van der Waals surface area (Å²) in [5, 5.41) is 6.64. The van der Waals surface area contributed by atoms with Gasteiger partial charge < -0.3 is 19.8 Å². The number of hydrogen-bond donors (Lipinski definition) is 2. The van der Waals surface area contributed by atoms with E-state index in [1.807, 2.05) is 6.92 Å². The summed E-state index contributed by atoms with van der Waals surface area (Å²) < 4.78 is 10.3. The van der Waals surface area contributed by atoms with Crippen LogP contribution in [0.1, 0.15) is 62.4 Å². The number of aryl methyl sites for hydroxylation is 1. The van der Waals surface area contributed by atoms with Gasteiger partial charge in [-0.3, -0.25) is 0 Å². The van der Waals surface area contributed by atoms with E-state index in [9.17, 15) is 4.79 Å². The van der Waals surface area contributed by atoms with Gasteiger partial charge in [0.05, 0.1) is 7.11 Å². The number of furan rings is 1. The summed E-state index contributed by atoms with van der Waals surface area (Å²) in [5.41, 5.74) is 0.450. The van der Waals surface area contributed by atoms with Crippen LogP contribution in [0.5, 0.6) is 0 Å². The molecule has 0 amide bonds. The van der Waals surface area contributed by atoms with Gasteiger partial charge in [0.1, 0.15) is 23.6 Å². The fraction of sp³-hybridized carbons (Fsp3) is 0.667. The van der Waals surface area contributed by atoms with Crippen molar-refractivity contribution in [2.75, 3.05) is 13.7 Å². The van der Waals surface area contributed by atoms with Crippen molar-refractivity contribution in [1.29, 1.82) is 0 Å². The fourth-order valence-corrected chi connectivity index (χ4v) is 2.30. The van der Waals surface area contributed by atoms with Crippen LogP contribution < -0.4 is 10.6 Å². The van der Waals surface area contributed by atoms with Crippen molar-refractivity contribution in [3.05, 3.63) is 23.2 Å². The van der Waals surface area contributed by atoms with Gasteiger partial charge in [-0.15, -0.1) is 24.0 Å². The molecule has 1 atom stereocenters. The Morgan fingerprint density at radius 2 is 2.00 bits per heavy atom. The first-order valence-electron chi connectivity index (χ1n) is 8.59. The molecule has 0 fully saturated rings. The molecule has 0 aliphatic rings. The van der Waals surface area contributed by atoms with Crippen LogP contribution in [-0.2, 0) is 11.3 Å². The molecule has 6 nitrogen and oxygen atoms in total. The number of nitrogens with zero attached hydrogens (tertiary/aromatic N) is 1. The molecule has 0 bridgehead atoms. The van der Waals surface area contributed by atoms with Crippen LogP contribution in [0.2, 0.25) is 0 Å². The van der Waals surface area contributed by atoms with E-state index < -0.39 is 0 Å². The second kappa shape index (κ2) is 12.2. The van der Waals surface area contributed by atoms with Gasteiger partial charge in [-0.1, -0.05) is 13.8 Å². The van der Waals surface area contributed by atoms with Crippen molar-refractivity contribution in [2.45, 2.75) is 60.0 Å². The maximum absolute atomic E-state index is 11.6. The van der Waals surface area contributed by atoms with Gasteiger partial charge in [0, 0.05) is 12.6 Å². The van der Waals surface area contributed by atoms with Crippen molar-refractivity contribution in [3.8, 4) is 0 Å². The highest BCUT2D eigenvalue weighted by atomic mass is 127. The van der Waals surface area contributed by atoms with Crippen LogP contribution in [-0.4, -0.2) is 31.6 Å². The van der Waals surface area contributed by atoms with Gasteiger partial charge in [0.15, 0.2) is 5.96 Å². The van der Waals surface area contributed by atoms with Crippen LogP contribution in [0.3, 0.4) is 0 Å². The molecule has 0 saturated heterocycles. The number of hydrogen-bond acceptors (Lipinski definition) is 4. The van der Waals surface area contributed by atoms with E-state index in [0.717, 1.165) is 18.9 Å². The van der Waals surface area contributed by atoms with E-state index in [4.69, 9.17) is 9.15 Å². The summed E-state index contributed by atoms with van der Waals surface area (Å²) in [6, 6.07) is 2.03. The highest BCUT2D eigenvalue weighted by Crippen LogP contribution is 2.16. The molecule has 0 aliphatic carbocycles. The van der Waals surface area contributed by atoms with Gasteiger partial charge >= 0.3 is 5.97 Å². The lowest BCUT2D eigenvalue weighted by Gasteiger charge is -2.18. The molecule has 1 unspecified atom stereocenters. The smallest absolute Gasteiger partial charge is 0.341 e. The lowest BCUT2D eigenvalue weighted by atomic mass is 10.0. The van der Waals surface area contributed by atoms with Crippen LogP contribution in [0.4, 0.5) is 0 Å². The number of carbonyl (C=O) groups is 1. The normalized spacial score (nSPS) is 12.5. The third-order valence-corrected chi connectivity index (χ3v) is 3.67. The van der Waals surface area contributed by atoms with E-state index >= 15 is 0 Å². The molecule has 0 saturated carbocycles. The Morgan fingerprint density at radius 1 is 1.32 bits per heavy atom. The third kappa shape index (κ3) is 8.60. The highest BCUT2D eigenvalue weighted by molar-refractivity contribution is 14.0. The van der Waals surface area contributed by atoms with E-state index in [-0.39, 0.29) is 29.9 Å². The predicted molar refractivity (Wildman–Crippen MR) is 112 cm³/mol. The number of nitrogens with one attached hydrogen (secondary N) is 2. The van der Waals surface area contributed by atoms with Crippen molar-refractivity contribution in [3.63, 3.8) is 0 Å². The summed E-state index contributed by atoms with van der Waals surface area (Å²) in [7, 11) is 1.36. The predicted octanol–water partition coefficient (Wildman–Crippen LogP) is 3.87. The summed E-state index contributed by atoms with van der Waals surface area (Å²) in [5.74, 6) is 2.24. The number of aliphatic imine (C=N–C) groups is 1.